The van der Waals surface area contributed by atoms with Gasteiger partial charge in [0.2, 0.25) is 0 Å². The number of nitrogen functional groups attached to an aromatic ring is 1. The summed E-state index contributed by atoms with van der Waals surface area (Å²) in [6, 6.07) is 4.13. The van der Waals surface area contributed by atoms with E-state index in [1.807, 2.05) is 18.3 Å². The molecule has 3 N–H and O–H groups in total. The molecule has 0 bridgehead atoms. The first kappa shape index (κ1) is 11.4. The number of nitrogens with two attached hydrogens (primary N) is 1. The predicted molar refractivity (Wildman–Crippen MR) is 63.9 cm³/mol. The lowest BCUT2D eigenvalue weighted by molar-refractivity contribution is 0.0503. The molecule has 0 aliphatic carbocycles. The Bertz CT molecular complexity index is 339. The molecule has 1 aliphatic heterocycles. The van der Waals surface area contributed by atoms with Crippen LogP contribution in [0.1, 0.15) is 31.4 Å². The summed E-state index contributed by atoms with van der Waals surface area (Å²) in [6.45, 7) is 3.94. The first-order valence-corrected chi connectivity index (χ1v) is 5.80. The molecule has 1 fully saturated rings. The predicted octanol–water partition coefficient (Wildman–Crippen LogP) is 1.18. The standard InChI is InChI=1S/C12H19N3O/c1-9(10-4-5-12(13)14-7-10)15-6-2-3-11(16)8-15/h4-5,7,9,11,16H,2-3,6,8H2,1H3,(H2,13,14). The van der Waals surface area contributed by atoms with E-state index in [1.165, 1.54) is 0 Å². The van der Waals surface area contributed by atoms with Crippen LogP contribution < -0.4 is 5.73 Å². The first-order valence-electron chi connectivity index (χ1n) is 5.80. The van der Waals surface area contributed by atoms with Crippen molar-refractivity contribution < 1.29 is 5.11 Å². The van der Waals surface area contributed by atoms with Gasteiger partial charge in [-0.2, -0.15) is 0 Å². The maximum Gasteiger partial charge on any atom is 0.123 e. The van der Waals surface area contributed by atoms with E-state index in [2.05, 4.69) is 16.8 Å². The van der Waals surface area contributed by atoms with Crippen LogP contribution in [0.2, 0.25) is 0 Å². The molecule has 0 aromatic carbocycles. The van der Waals surface area contributed by atoms with Crippen molar-refractivity contribution in [1.29, 1.82) is 0 Å². The minimum atomic E-state index is -0.182. The fourth-order valence-corrected chi connectivity index (χ4v) is 2.21. The van der Waals surface area contributed by atoms with E-state index in [4.69, 9.17) is 5.73 Å². The van der Waals surface area contributed by atoms with Crippen LogP contribution in [0.4, 0.5) is 5.82 Å². The van der Waals surface area contributed by atoms with E-state index in [1.54, 1.807) is 0 Å². The van der Waals surface area contributed by atoms with Gasteiger partial charge in [0, 0.05) is 18.8 Å². The third-order valence-electron chi connectivity index (χ3n) is 3.27. The van der Waals surface area contributed by atoms with Crippen molar-refractivity contribution in [3.05, 3.63) is 23.9 Å². The van der Waals surface area contributed by atoms with E-state index in [-0.39, 0.29) is 6.10 Å². The number of β-amino-alcohol motifs (C(OH)–C–C–N with tert-alkyl or cyclic N) is 1. The van der Waals surface area contributed by atoms with E-state index >= 15 is 0 Å². The zero-order valence-corrected chi connectivity index (χ0v) is 9.63. The maximum atomic E-state index is 9.64. The summed E-state index contributed by atoms with van der Waals surface area (Å²) in [5, 5.41) is 9.64. The fourth-order valence-electron chi connectivity index (χ4n) is 2.21. The number of nitrogens with zero attached hydrogens (tertiary/aromatic N) is 2. The molecule has 88 valence electrons. The molecule has 2 rings (SSSR count). The highest BCUT2D eigenvalue weighted by molar-refractivity contribution is 5.30. The quantitative estimate of drug-likeness (QED) is 0.787. The monoisotopic (exact) mass is 221 g/mol. The third kappa shape index (κ3) is 2.51. The van der Waals surface area contributed by atoms with Gasteiger partial charge in [-0.25, -0.2) is 4.98 Å². The average Bonchev–Trinajstić information content (AvgIpc) is 2.29. The number of aromatic nitrogens is 1. The molecule has 1 aromatic heterocycles. The van der Waals surface area contributed by atoms with Crippen molar-refractivity contribution >= 4 is 5.82 Å². The van der Waals surface area contributed by atoms with Gasteiger partial charge in [0.1, 0.15) is 5.82 Å². The summed E-state index contributed by atoms with van der Waals surface area (Å²) in [4.78, 5) is 6.40. The molecule has 2 unspecified atom stereocenters. The minimum absolute atomic E-state index is 0.182. The summed E-state index contributed by atoms with van der Waals surface area (Å²) in [5.74, 6) is 0.551. The molecule has 0 spiro atoms. The number of pyridine rings is 1. The molecular weight excluding hydrogens is 202 g/mol. The second kappa shape index (κ2) is 4.80. The molecule has 16 heavy (non-hydrogen) atoms. The van der Waals surface area contributed by atoms with Crippen LogP contribution in [-0.2, 0) is 0 Å². The van der Waals surface area contributed by atoms with Gasteiger partial charge in [-0.1, -0.05) is 6.07 Å². The van der Waals surface area contributed by atoms with Gasteiger partial charge in [0.25, 0.3) is 0 Å². The van der Waals surface area contributed by atoms with Gasteiger partial charge >= 0.3 is 0 Å². The molecule has 1 saturated heterocycles. The van der Waals surface area contributed by atoms with Crippen molar-refractivity contribution in [3.8, 4) is 0 Å². The summed E-state index contributed by atoms with van der Waals surface area (Å²) in [5.41, 5.74) is 6.72. The largest absolute Gasteiger partial charge is 0.392 e. The van der Waals surface area contributed by atoms with Crippen LogP contribution in [0.3, 0.4) is 0 Å². The van der Waals surface area contributed by atoms with Crippen LogP contribution in [0.5, 0.6) is 0 Å². The second-order valence-corrected chi connectivity index (χ2v) is 4.48. The van der Waals surface area contributed by atoms with E-state index in [0.29, 0.717) is 11.9 Å². The Morgan fingerprint density at radius 2 is 2.38 bits per heavy atom. The smallest absolute Gasteiger partial charge is 0.123 e. The Morgan fingerprint density at radius 1 is 1.56 bits per heavy atom. The van der Waals surface area contributed by atoms with Crippen molar-refractivity contribution in [2.24, 2.45) is 0 Å². The van der Waals surface area contributed by atoms with Gasteiger partial charge in [-0.05, 0) is 37.9 Å². The summed E-state index contributed by atoms with van der Waals surface area (Å²) >= 11 is 0. The van der Waals surface area contributed by atoms with Crippen molar-refractivity contribution in [3.63, 3.8) is 0 Å². The number of anilines is 1. The number of hydrogen-bond donors (Lipinski definition) is 2. The van der Waals surface area contributed by atoms with E-state index in [0.717, 1.165) is 31.5 Å². The number of rotatable bonds is 2. The highest BCUT2D eigenvalue weighted by Crippen LogP contribution is 2.23. The molecule has 2 heterocycles. The van der Waals surface area contributed by atoms with Crippen LogP contribution in [0.15, 0.2) is 18.3 Å². The highest BCUT2D eigenvalue weighted by atomic mass is 16.3. The maximum absolute atomic E-state index is 9.64. The topological polar surface area (TPSA) is 62.4 Å². The Balaban J connectivity index is 2.06. The zero-order valence-electron chi connectivity index (χ0n) is 9.63. The summed E-state index contributed by atoms with van der Waals surface area (Å²) in [7, 11) is 0. The van der Waals surface area contributed by atoms with E-state index in [9.17, 15) is 5.11 Å². The Hall–Kier alpha value is -1.13. The molecule has 4 heteroatoms. The van der Waals surface area contributed by atoms with Crippen molar-refractivity contribution in [2.75, 3.05) is 18.8 Å². The Morgan fingerprint density at radius 3 is 3.00 bits per heavy atom. The van der Waals surface area contributed by atoms with Gasteiger partial charge in [0.15, 0.2) is 0 Å². The van der Waals surface area contributed by atoms with Crippen LogP contribution >= 0.6 is 0 Å². The molecule has 2 atom stereocenters. The molecule has 0 amide bonds. The molecule has 0 saturated carbocycles. The lowest BCUT2D eigenvalue weighted by Gasteiger charge is -2.34. The number of piperidine rings is 1. The molecule has 1 aromatic rings. The molecule has 1 aliphatic rings. The summed E-state index contributed by atoms with van der Waals surface area (Å²) < 4.78 is 0. The second-order valence-electron chi connectivity index (χ2n) is 4.48. The van der Waals surface area contributed by atoms with Gasteiger partial charge < -0.3 is 10.8 Å². The average molecular weight is 221 g/mol. The zero-order chi connectivity index (χ0) is 11.5. The number of aliphatic hydroxyl groups excluding tert-OH is 1. The molecule has 4 nitrogen and oxygen atoms in total. The fraction of sp³-hybridized carbons (Fsp3) is 0.583. The molecule has 0 radical (unpaired) electrons. The van der Waals surface area contributed by atoms with Gasteiger partial charge in [-0.15, -0.1) is 0 Å². The highest BCUT2D eigenvalue weighted by Gasteiger charge is 2.22. The van der Waals surface area contributed by atoms with Gasteiger partial charge in [0.05, 0.1) is 6.10 Å². The van der Waals surface area contributed by atoms with Crippen molar-refractivity contribution in [2.45, 2.75) is 31.9 Å². The van der Waals surface area contributed by atoms with Crippen LogP contribution in [0.25, 0.3) is 0 Å². The van der Waals surface area contributed by atoms with Crippen molar-refractivity contribution in [1.82, 2.24) is 9.88 Å². The van der Waals surface area contributed by atoms with Crippen LogP contribution in [-0.4, -0.2) is 34.2 Å². The summed E-state index contributed by atoms with van der Waals surface area (Å²) in [6.07, 6.45) is 3.62. The number of likely N-dealkylation sites (tertiary alicyclic amines) is 1. The Labute approximate surface area is 96.1 Å². The minimum Gasteiger partial charge on any atom is -0.392 e. The normalized spacial score (nSPS) is 24.2. The lowest BCUT2D eigenvalue weighted by atomic mass is 10.0. The number of aliphatic hydroxyl groups is 1. The first-order chi connectivity index (χ1) is 7.66. The van der Waals surface area contributed by atoms with Gasteiger partial charge in [-0.3, -0.25) is 4.90 Å². The Kier molecular flexibility index (Phi) is 3.41. The van der Waals surface area contributed by atoms with Crippen LogP contribution in [0, 0.1) is 0 Å². The SMILES string of the molecule is CC(c1ccc(N)nc1)N1CCCC(O)C1. The third-order valence-corrected chi connectivity index (χ3v) is 3.27. The lowest BCUT2D eigenvalue weighted by Crippen LogP contribution is -2.39. The van der Waals surface area contributed by atoms with E-state index < -0.39 is 0 Å². The molecular formula is C12H19N3O. The number of hydrogen-bond acceptors (Lipinski definition) is 4.